The van der Waals surface area contributed by atoms with Crippen molar-refractivity contribution in [3.63, 3.8) is 0 Å². The monoisotopic (exact) mass is 509 g/mol. The summed E-state index contributed by atoms with van der Waals surface area (Å²) in [4.78, 5) is 12.1. The van der Waals surface area contributed by atoms with Gasteiger partial charge in [-0.2, -0.15) is 0 Å². The van der Waals surface area contributed by atoms with E-state index >= 15 is 0 Å². The molecule has 204 valence electrons. The van der Waals surface area contributed by atoms with E-state index in [4.69, 9.17) is 20.9 Å². The number of aryl methyl sites for hydroxylation is 1. The molecular weight excluding hydrogens is 462 g/mol. The first kappa shape index (κ1) is 27.6. The molecule has 5 rings (SSSR count). The Morgan fingerprint density at radius 2 is 1.95 bits per heavy atom. The van der Waals surface area contributed by atoms with E-state index in [9.17, 15) is 0 Å². The van der Waals surface area contributed by atoms with Gasteiger partial charge in [0.25, 0.3) is 0 Å². The predicted octanol–water partition coefficient (Wildman–Crippen LogP) is 4.42. The SMILES string of the molecule is CNc1nc(C)cc(N2CCC(=NCC34CCC(NCC(C)(C)OC)(CC3)CC4)C(=C(C)N)C2)c1C=N. The number of hydrogen-bond donors (Lipinski definition) is 4. The number of ether oxygens (including phenoxy) is 1. The highest BCUT2D eigenvalue weighted by Crippen LogP contribution is 2.52. The van der Waals surface area contributed by atoms with Crippen molar-refractivity contribution in [2.75, 3.05) is 50.6 Å². The van der Waals surface area contributed by atoms with E-state index < -0.39 is 0 Å². The van der Waals surface area contributed by atoms with Gasteiger partial charge in [0, 0.05) is 81.2 Å². The number of methoxy groups -OCH3 is 1. The molecule has 0 radical (unpaired) electrons. The van der Waals surface area contributed by atoms with Crippen molar-refractivity contribution in [2.45, 2.75) is 83.8 Å². The summed E-state index contributed by atoms with van der Waals surface area (Å²) in [5, 5.41) is 15.0. The Morgan fingerprint density at radius 1 is 1.27 bits per heavy atom. The molecular formula is C29H47N7O. The number of aromatic nitrogens is 1. The lowest BCUT2D eigenvalue weighted by molar-refractivity contribution is -0.0113. The molecule has 0 atom stereocenters. The van der Waals surface area contributed by atoms with Crippen LogP contribution in [0, 0.1) is 17.7 Å². The molecule has 0 aromatic carbocycles. The summed E-state index contributed by atoms with van der Waals surface area (Å²) in [5.74, 6) is 0.740. The number of aliphatic imine (C=N–C) groups is 1. The van der Waals surface area contributed by atoms with Gasteiger partial charge in [-0.25, -0.2) is 4.98 Å². The summed E-state index contributed by atoms with van der Waals surface area (Å²) in [6.45, 7) is 11.7. The first-order valence-electron chi connectivity index (χ1n) is 13.8. The molecule has 0 unspecified atom stereocenters. The molecule has 8 nitrogen and oxygen atoms in total. The molecule has 1 saturated heterocycles. The van der Waals surface area contributed by atoms with Gasteiger partial charge in [-0.3, -0.25) is 4.99 Å². The highest BCUT2D eigenvalue weighted by molar-refractivity contribution is 6.03. The van der Waals surface area contributed by atoms with Crippen molar-refractivity contribution < 1.29 is 4.74 Å². The van der Waals surface area contributed by atoms with Crippen molar-refractivity contribution in [3.8, 4) is 0 Å². The number of nitrogens with zero attached hydrogens (tertiary/aromatic N) is 3. The number of nitrogens with one attached hydrogen (secondary N) is 3. The van der Waals surface area contributed by atoms with Gasteiger partial charge >= 0.3 is 0 Å². The summed E-state index contributed by atoms with van der Waals surface area (Å²) in [6, 6.07) is 2.07. The fourth-order valence-electron chi connectivity index (χ4n) is 6.25. The van der Waals surface area contributed by atoms with Gasteiger partial charge in [-0.15, -0.1) is 0 Å². The number of pyridine rings is 1. The molecule has 1 aliphatic heterocycles. The van der Waals surface area contributed by atoms with Gasteiger partial charge in [0.2, 0.25) is 0 Å². The van der Waals surface area contributed by atoms with Gasteiger partial charge in [0.05, 0.1) is 16.9 Å². The standard InChI is InChI=1S/C29H47N7O/c1-20-15-25(22(16-30)26(32-5)35-20)36-14-7-24(23(17-36)21(2)31)33-19-28-8-11-29(12-9-28,13-10-28)34-18-27(3,4)37-6/h15-16,30,34H,7-14,17-19,31H2,1-6H3,(H,32,35). The normalized spacial score (nSPS) is 28.5. The first-order valence-corrected chi connectivity index (χ1v) is 13.8. The van der Waals surface area contributed by atoms with Crippen LogP contribution >= 0.6 is 0 Å². The number of nitrogens with two attached hydrogens (primary N) is 1. The first-order chi connectivity index (χ1) is 17.5. The maximum atomic E-state index is 8.00. The summed E-state index contributed by atoms with van der Waals surface area (Å²) in [7, 11) is 3.65. The predicted molar refractivity (Wildman–Crippen MR) is 154 cm³/mol. The largest absolute Gasteiger partial charge is 0.402 e. The highest BCUT2D eigenvalue weighted by Gasteiger charge is 2.48. The van der Waals surface area contributed by atoms with E-state index in [1.165, 1.54) is 50.5 Å². The number of piperidine rings is 1. The topological polar surface area (TPSA) is 112 Å². The molecule has 2 heterocycles. The summed E-state index contributed by atoms with van der Waals surface area (Å²) < 4.78 is 5.64. The molecule has 4 fully saturated rings. The Balaban J connectivity index is 1.45. The van der Waals surface area contributed by atoms with Gasteiger partial charge in [-0.05, 0) is 77.7 Å². The molecule has 8 heteroatoms. The zero-order valence-corrected chi connectivity index (χ0v) is 23.8. The van der Waals surface area contributed by atoms with Crippen LogP contribution in [0.15, 0.2) is 22.3 Å². The van der Waals surface area contributed by atoms with E-state index in [0.717, 1.165) is 60.1 Å². The zero-order chi connectivity index (χ0) is 26.8. The summed E-state index contributed by atoms with van der Waals surface area (Å²) in [5.41, 5.74) is 12.8. The quantitative estimate of drug-likeness (QED) is 0.367. The van der Waals surface area contributed by atoms with E-state index in [2.05, 4.69) is 40.4 Å². The molecule has 0 amide bonds. The zero-order valence-electron chi connectivity index (χ0n) is 23.8. The van der Waals surface area contributed by atoms with Crippen molar-refractivity contribution in [1.82, 2.24) is 10.3 Å². The van der Waals surface area contributed by atoms with Crippen molar-refractivity contribution in [1.29, 1.82) is 5.41 Å². The third-order valence-corrected chi connectivity index (χ3v) is 9.13. The molecule has 37 heavy (non-hydrogen) atoms. The Labute approximate surface area is 223 Å². The van der Waals surface area contributed by atoms with Crippen LogP contribution in [0.25, 0.3) is 0 Å². The minimum atomic E-state index is -0.132. The van der Waals surface area contributed by atoms with E-state index in [0.29, 0.717) is 12.0 Å². The average Bonchev–Trinajstić information content (AvgIpc) is 2.91. The smallest absolute Gasteiger partial charge is 0.136 e. The van der Waals surface area contributed by atoms with Crippen molar-refractivity contribution in [2.24, 2.45) is 16.1 Å². The lowest BCUT2D eigenvalue weighted by Gasteiger charge is -2.54. The molecule has 1 aromatic heterocycles. The molecule has 5 N–H and O–H groups in total. The fraction of sp³-hybridized carbons (Fsp3) is 0.690. The lowest BCUT2D eigenvalue weighted by atomic mass is 9.57. The number of anilines is 2. The van der Waals surface area contributed by atoms with Crippen LogP contribution in [0.5, 0.6) is 0 Å². The van der Waals surface area contributed by atoms with Crippen molar-refractivity contribution in [3.05, 3.63) is 28.6 Å². The van der Waals surface area contributed by atoms with E-state index in [1.807, 2.05) is 20.9 Å². The van der Waals surface area contributed by atoms with Crippen LogP contribution in [0.4, 0.5) is 11.5 Å². The van der Waals surface area contributed by atoms with Crippen LogP contribution in [-0.2, 0) is 4.74 Å². The number of fused-ring (bicyclic) bond motifs is 3. The van der Waals surface area contributed by atoms with Crippen LogP contribution in [-0.4, -0.2) is 68.4 Å². The molecule has 4 aliphatic rings. The van der Waals surface area contributed by atoms with E-state index in [1.54, 1.807) is 7.11 Å². The molecule has 1 aromatic rings. The van der Waals surface area contributed by atoms with Gasteiger partial charge in [0.15, 0.2) is 0 Å². The molecule has 2 bridgehead atoms. The minimum absolute atomic E-state index is 0.132. The average molecular weight is 510 g/mol. The van der Waals surface area contributed by atoms with Gasteiger partial charge in [-0.1, -0.05) is 0 Å². The second kappa shape index (κ2) is 10.7. The third kappa shape index (κ3) is 5.85. The summed E-state index contributed by atoms with van der Waals surface area (Å²) >= 11 is 0. The van der Waals surface area contributed by atoms with Crippen LogP contribution < -0.4 is 21.3 Å². The Morgan fingerprint density at radius 3 is 2.51 bits per heavy atom. The van der Waals surface area contributed by atoms with Gasteiger partial charge < -0.3 is 31.4 Å². The molecule has 0 spiro atoms. The highest BCUT2D eigenvalue weighted by atomic mass is 16.5. The van der Waals surface area contributed by atoms with Crippen LogP contribution in [0.3, 0.4) is 0 Å². The Hall–Kier alpha value is -2.45. The number of rotatable bonds is 9. The van der Waals surface area contributed by atoms with Crippen LogP contribution in [0.1, 0.15) is 77.0 Å². The molecule has 3 saturated carbocycles. The maximum absolute atomic E-state index is 8.00. The summed E-state index contributed by atoms with van der Waals surface area (Å²) in [6.07, 6.45) is 9.66. The third-order valence-electron chi connectivity index (χ3n) is 9.13. The second-order valence-corrected chi connectivity index (χ2v) is 12.1. The molecule has 3 aliphatic carbocycles. The second-order valence-electron chi connectivity index (χ2n) is 12.1. The maximum Gasteiger partial charge on any atom is 0.136 e. The van der Waals surface area contributed by atoms with E-state index in [-0.39, 0.29) is 11.1 Å². The fourth-order valence-corrected chi connectivity index (χ4v) is 6.25. The minimum Gasteiger partial charge on any atom is -0.402 e. The number of allylic oxidation sites excluding steroid dienone is 1. The van der Waals surface area contributed by atoms with Gasteiger partial charge in [0.1, 0.15) is 5.82 Å². The lowest BCUT2D eigenvalue weighted by Crippen LogP contribution is -2.58. The number of hydrogen-bond acceptors (Lipinski definition) is 8. The Kier molecular flexibility index (Phi) is 8.00. The van der Waals surface area contributed by atoms with Crippen molar-refractivity contribution >= 4 is 23.4 Å². The Bertz CT molecular complexity index is 1050. The van der Waals surface area contributed by atoms with Crippen LogP contribution in [0.2, 0.25) is 0 Å².